The molecule has 8 N–H and O–H groups in total. The van der Waals surface area contributed by atoms with E-state index in [1.165, 1.54) is 6.07 Å². The molecule has 0 bridgehead atoms. The Morgan fingerprint density at radius 2 is 1.81 bits per heavy atom. The predicted molar refractivity (Wildman–Crippen MR) is 118 cm³/mol. The van der Waals surface area contributed by atoms with Gasteiger partial charge in [-0.3, -0.25) is 14.7 Å². The number of carbonyl (C=O) groups excluding carboxylic acids is 2. The van der Waals surface area contributed by atoms with Crippen LogP contribution in [0.3, 0.4) is 0 Å². The Kier molecular flexibility index (Phi) is 5.54. The molecule has 0 saturated heterocycles. The molecule has 0 unspecified atom stereocenters. The second-order valence-electron chi connectivity index (χ2n) is 6.96. The average molecular weight is 431 g/mol. The number of H-pyrrole nitrogens is 1. The predicted octanol–water partition coefficient (Wildman–Crippen LogP) is -0.490. The maximum Gasteiger partial charge on any atom is 0.488 e. The van der Waals surface area contributed by atoms with Gasteiger partial charge in [0.2, 0.25) is 0 Å². The highest BCUT2D eigenvalue weighted by molar-refractivity contribution is 6.58. The monoisotopic (exact) mass is 431 g/mol. The third-order valence-electron chi connectivity index (χ3n) is 4.78. The molecule has 0 aliphatic heterocycles. The average Bonchev–Trinajstić information content (AvgIpc) is 3.21. The van der Waals surface area contributed by atoms with Crippen molar-refractivity contribution in [2.24, 2.45) is 11.5 Å². The van der Waals surface area contributed by atoms with Crippen LogP contribution in [0.5, 0.6) is 0 Å². The summed E-state index contributed by atoms with van der Waals surface area (Å²) in [7, 11) is -1.58. The van der Waals surface area contributed by atoms with Crippen molar-refractivity contribution < 1.29 is 19.6 Å². The number of carbonyl (C=O) groups is 2. The molecular formula is C20H18BN7O4. The highest BCUT2D eigenvalue weighted by Gasteiger charge is 2.18. The van der Waals surface area contributed by atoms with E-state index in [1.807, 2.05) is 0 Å². The zero-order chi connectivity index (χ0) is 22.8. The summed E-state index contributed by atoms with van der Waals surface area (Å²) in [5, 5.41) is 29.3. The van der Waals surface area contributed by atoms with Crippen molar-refractivity contribution in [3.8, 4) is 11.5 Å². The molecule has 2 aromatic carbocycles. The molecule has 11 nitrogen and oxygen atoms in total. The number of hydrogen-bond donors (Lipinski definition) is 6. The molecule has 4 rings (SSSR count). The van der Waals surface area contributed by atoms with Crippen LogP contribution in [0.25, 0.3) is 22.4 Å². The first kappa shape index (κ1) is 21.0. The number of aromatic nitrogens is 4. The molecule has 12 heteroatoms. The minimum Gasteiger partial charge on any atom is -0.423 e. The summed E-state index contributed by atoms with van der Waals surface area (Å²) in [5.41, 5.74) is 12.9. The summed E-state index contributed by atoms with van der Waals surface area (Å²) < 4.78 is 0. The summed E-state index contributed by atoms with van der Waals surface area (Å²) in [5.74, 6) is -0.938. The fourth-order valence-electron chi connectivity index (χ4n) is 3.24. The van der Waals surface area contributed by atoms with Crippen LogP contribution in [-0.4, -0.2) is 49.1 Å². The molecule has 0 radical (unpaired) electrons. The van der Waals surface area contributed by atoms with Crippen molar-refractivity contribution in [2.75, 3.05) is 5.32 Å². The minimum atomic E-state index is -1.58. The Morgan fingerprint density at radius 1 is 1.03 bits per heavy atom. The molecule has 2 heterocycles. The largest absolute Gasteiger partial charge is 0.488 e. The minimum absolute atomic E-state index is 0.0285. The van der Waals surface area contributed by atoms with Crippen molar-refractivity contribution >= 4 is 41.1 Å². The van der Waals surface area contributed by atoms with E-state index >= 15 is 0 Å². The number of nitrogens with zero attached hydrogens (tertiary/aromatic N) is 3. The SMILES string of the molecule is NC(=O)c1cc(NCc2cccc(B(O)O)c2)nc(-c2n[nH]c3c(C(N)=O)cccc23)n1. The van der Waals surface area contributed by atoms with Gasteiger partial charge < -0.3 is 26.8 Å². The molecule has 32 heavy (non-hydrogen) atoms. The highest BCUT2D eigenvalue weighted by Crippen LogP contribution is 2.27. The van der Waals surface area contributed by atoms with Gasteiger partial charge in [0, 0.05) is 18.0 Å². The number of nitrogens with one attached hydrogen (secondary N) is 2. The van der Waals surface area contributed by atoms with Crippen LogP contribution in [0.2, 0.25) is 0 Å². The first-order valence-corrected chi connectivity index (χ1v) is 9.48. The van der Waals surface area contributed by atoms with E-state index in [-0.39, 0.29) is 23.6 Å². The van der Waals surface area contributed by atoms with Crippen molar-refractivity contribution in [3.63, 3.8) is 0 Å². The number of hydrogen-bond acceptors (Lipinski definition) is 8. The van der Waals surface area contributed by atoms with E-state index in [4.69, 9.17) is 11.5 Å². The number of para-hydroxylation sites is 1. The van der Waals surface area contributed by atoms with Gasteiger partial charge in [0.1, 0.15) is 17.2 Å². The first-order chi connectivity index (χ1) is 15.3. The first-order valence-electron chi connectivity index (χ1n) is 9.48. The Labute approximate surface area is 181 Å². The molecule has 0 atom stereocenters. The fourth-order valence-corrected chi connectivity index (χ4v) is 3.24. The molecule has 160 valence electrons. The number of aromatic amines is 1. The van der Waals surface area contributed by atoms with Gasteiger partial charge in [0.25, 0.3) is 11.8 Å². The Bertz CT molecular complexity index is 1340. The van der Waals surface area contributed by atoms with E-state index in [9.17, 15) is 19.6 Å². The van der Waals surface area contributed by atoms with Crippen LogP contribution >= 0.6 is 0 Å². The van der Waals surface area contributed by atoms with Gasteiger partial charge >= 0.3 is 7.12 Å². The summed E-state index contributed by atoms with van der Waals surface area (Å²) in [6, 6.07) is 13.0. The van der Waals surface area contributed by atoms with E-state index < -0.39 is 18.9 Å². The lowest BCUT2D eigenvalue weighted by Gasteiger charge is -2.09. The van der Waals surface area contributed by atoms with Crippen LogP contribution in [0.4, 0.5) is 5.82 Å². The number of primary amides is 2. The van der Waals surface area contributed by atoms with Crippen molar-refractivity contribution in [3.05, 3.63) is 65.4 Å². The number of fused-ring (bicyclic) bond motifs is 1. The molecule has 2 aromatic heterocycles. The van der Waals surface area contributed by atoms with Gasteiger partial charge in [-0.1, -0.05) is 36.4 Å². The summed E-state index contributed by atoms with van der Waals surface area (Å²) >= 11 is 0. The van der Waals surface area contributed by atoms with Gasteiger partial charge in [-0.25, -0.2) is 9.97 Å². The number of amides is 2. The molecule has 2 amide bonds. The van der Waals surface area contributed by atoms with Gasteiger partial charge in [-0.2, -0.15) is 5.10 Å². The number of anilines is 1. The van der Waals surface area contributed by atoms with Gasteiger partial charge in [-0.05, 0) is 17.1 Å². The topological polar surface area (TPSA) is 193 Å². The molecule has 4 aromatic rings. The zero-order valence-corrected chi connectivity index (χ0v) is 16.6. The second-order valence-corrected chi connectivity index (χ2v) is 6.96. The lowest BCUT2D eigenvalue weighted by atomic mass is 9.80. The summed E-state index contributed by atoms with van der Waals surface area (Å²) in [6.07, 6.45) is 0. The van der Waals surface area contributed by atoms with Gasteiger partial charge in [0.15, 0.2) is 5.82 Å². The maximum absolute atomic E-state index is 11.8. The quantitative estimate of drug-likeness (QED) is 0.211. The molecule has 0 saturated carbocycles. The van der Waals surface area contributed by atoms with E-state index in [1.54, 1.807) is 42.5 Å². The van der Waals surface area contributed by atoms with Crippen molar-refractivity contribution in [1.29, 1.82) is 0 Å². The fraction of sp³-hybridized carbons (Fsp3) is 0.0500. The van der Waals surface area contributed by atoms with Gasteiger partial charge in [-0.15, -0.1) is 0 Å². The number of rotatable bonds is 7. The van der Waals surface area contributed by atoms with Crippen molar-refractivity contribution in [2.45, 2.75) is 6.54 Å². The van der Waals surface area contributed by atoms with Crippen LogP contribution in [0.15, 0.2) is 48.5 Å². The molecule has 0 aliphatic carbocycles. The van der Waals surface area contributed by atoms with Crippen LogP contribution < -0.4 is 22.2 Å². The highest BCUT2D eigenvalue weighted by atomic mass is 16.4. The molecule has 0 aliphatic rings. The Balaban J connectivity index is 1.71. The molecular weight excluding hydrogens is 413 g/mol. The smallest absolute Gasteiger partial charge is 0.423 e. The lowest BCUT2D eigenvalue weighted by molar-refractivity contribution is 0.0989. The maximum atomic E-state index is 11.8. The van der Waals surface area contributed by atoms with Gasteiger partial charge in [0.05, 0.1) is 11.1 Å². The normalized spacial score (nSPS) is 10.8. The van der Waals surface area contributed by atoms with Crippen LogP contribution in [-0.2, 0) is 6.54 Å². The van der Waals surface area contributed by atoms with Crippen molar-refractivity contribution in [1.82, 2.24) is 20.2 Å². The third-order valence-corrected chi connectivity index (χ3v) is 4.78. The lowest BCUT2D eigenvalue weighted by Crippen LogP contribution is -2.30. The Hall–Kier alpha value is -4.29. The van der Waals surface area contributed by atoms with Crippen LogP contribution in [0, 0.1) is 0 Å². The second kappa shape index (κ2) is 8.45. The summed E-state index contributed by atoms with van der Waals surface area (Å²) in [4.78, 5) is 32.1. The standard InChI is InChI=1S/C20H18BN7O4/c22-18(29)13-6-2-5-12-16(13)27-28-17(12)20-25-14(19(23)30)8-15(26-20)24-9-10-3-1-4-11(7-10)21(31)32/h1-8,31-32H,9H2,(H2,22,29)(H2,23,30)(H,27,28)(H,24,25,26). The Morgan fingerprint density at radius 3 is 2.53 bits per heavy atom. The zero-order valence-electron chi connectivity index (χ0n) is 16.6. The molecule has 0 spiro atoms. The number of benzene rings is 2. The van der Waals surface area contributed by atoms with E-state index in [0.29, 0.717) is 27.9 Å². The number of nitrogens with two attached hydrogens (primary N) is 2. The summed E-state index contributed by atoms with van der Waals surface area (Å²) in [6.45, 7) is 0.280. The third kappa shape index (κ3) is 4.12. The molecule has 0 fully saturated rings. The van der Waals surface area contributed by atoms with E-state index in [2.05, 4.69) is 25.5 Å². The van der Waals surface area contributed by atoms with E-state index in [0.717, 1.165) is 5.56 Å². The van der Waals surface area contributed by atoms with Crippen LogP contribution in [0.1, 0.15) is 26.4 Å².